The number of imidazole rings is 1. The molecule has 1 saturated heterocycles. The third-order valence-electron chi connectivity index (χ3n) is 4.22. The number of nitrogens with one attached hydrogen (secondary N) is 2. The Morgan fingerprint density at radius 1 is 1.30 bits per heavy atom. The highest BCUT2D eigenvalue weighted by Gasteiger charge is 2.26. The number of nitrogens with zero attached hydrogens (tertiary/aromatic N) is 2. The lowest BCUT2D eigenvalue weighted by molar-refractivity contribution is -0.127. The molecule has 0 bridgehead atoms. The second-order valence-electron chi connectivity index (χ2n) is 5.55. The number of nitrogens with two attached hydrogens (primary N) is 1. The molecule has 0 spiro atoms. The molecule has 23 heavy (non-hydrogen) atoms. The largest absolute Gasteiger partial charge is 0.365 e. The van der Waals surface area contributed by atoms with Crippen molar-refractivity contribution in [3.63, 3.8) is 0 Å². The van der Waals surface area contributed by atoms with E-state index in [9.17, 15) is 14.4 Å². The lowest BCUT2D eigenvalue weighted by Crippen LogP contribution is -2.37. The second-order valence-corrected chi connectivity index (χ2v) is 5.55. The standard InChI is InChI=1S/C15H17N5O3/c1-2-10(21)20-5-3-8(4-6-20)11-13-12(18-15(23)19-13)9(7-17-11)14(16)22/h2,7-8H,1,3-6H2,(H2,16,22)(H2,18,19,23). The zero-order valence-electron chi connectivity index (χ0n) is 12.5. The molecule has 0 aliphatic carbocycles. The van der Waals surface area contributed by atoms with Crippen molar-refractivity contribution in [3.8, 4) is 0 Å². The maximum Gasteiger partial charge on any atom is 0.323 e. The number of aromatic nitrogens is 3. The normalized spacial score (nSPS) is 15.7. The van der Waals surface area contributed by atoms with E-state index >= 15 is 0 Å². The number of piperidine rings is 1. The predicted octanol–water partition coefficient (Wildman–Crippen LogP) is 0.242. The number of likely N-dealkylation sites (tertiary alicyclic amines) is 1. The van der Waals surface area contributed by atoms with Crippen LogP contribution in [0.3, 0.4) is 0 Å². The van der Waals surface area contributed by atoms with E-state index in [1.165, 1.54) is 12.3 Å². The molecule has 2 amide bonds. The maximum absolute atomic E-state index is 11.6. The Bertz CT molecular complexity index is 842. The first-order chi connectivity index (χ1) is 11.0. The van der Waals surface area contributed by atoms with Gasteiger partial charge >= 0.3 is 5.69 Å². The first-order valence-corrected chi connectivity index (χ1v) is 7.33. The first kappa shape index (κ1) is 15.0. The van der Waals surface area contributed by atoms with Gasteiger partial charge in [-0.1, -0.05) is 6.58 Å². The molecule has 8 nitrogen and oxygen atoms in total. The molecule has 0 saturated carbocycles. The van der Waals surface area contributed by atoms with Crippen LogP contribution in [0.25, 0.3) is 11.0 Å². The van der Waals surface area contributed by atoms with E-state index in [4.69, 9.17) is 5.73 Å². The fourth-order valence-electron chi connectivity index (χ4n) is 3.04. The summed E-state index contributed by atoms with van der Waals surface area (Å²) in [6, 6.07) is 0. The highest BCUT2D eigenvalue weighted by Crippen LogP contribution is 2.31. The number of hydrogen-bond donors (Lipinski definition) is 3. The molecular weight excluding hydrogens is 298 g/mol. The molecule has 120 valence electrons. The maximum atomic E-state index is 11.6. The number of amides is 2. The molecule has 4 N–H and O–H groups in total. The number of primary amides is 1. The molecule has 1 aliphatic heterocycles. The molecular formula is C15H17N5O3. The molecule has 0 aromatic carbocycles. The molecule has 3 rings (SSSR count). The number of rotatable bonds is 3. The SMILES string of the molecule is C=CC(=O)N1CCC(c2ncc(C(N)=O)c3[nH]c(=O)[nH]c23)CC1. The van der Waals surface area contributed by atoms with Crippen LogP contribution in [0, 0.1) is 0 Å². The fraction of sp³-hybridized carbons (Fsp3) is 0.333. The lowest BCUT2D eigenvalue weighted by Gasteiger charge is -2.31. The highest BCUT2D eigenvalue weighted by molar-refractivity contribution is 6.04. The fourth-order valence-corrected chi connectivity index (χ4v) is 3.04. The van der Waals surface area contributed by atoms with E-state index in [1.54, 1.807) is 4.90 Å². The van der Waals surface area contributed by atoms with Crippen LogP contribution in [0.5, 0.6) is 0 Å². The van der Waals surface area contributed by atoms with Crippen LogP contribution < -0.4 is 11.4 Å². The minimum Gasteiger partial charge on any atom is -0.365 e. The van der Waals surface area contributed by atoms with Gasteiger partial charge in [-0.15, -0.1) is 0 Å². The van der Waals surface area contributed by atoms with Crippen LogP contribution in [0.1, 0.15) is 34.8 Å². The summed E-state index contributed by atoms with van der Waals surface area (Å²) in [4.78, 5) is 46.1. The van der Waals surface area contributed by atoms with Crippen molar-refractivity contribution in [2.75, 3.05) is 13.1 Å². The van der Waals surface area contributed by atoms with Gasteiger partial charge in [-0.05, 0) is 18.9 Å². The van der Waals surface area contributed by atoms with E-state index < -0.39 is 11.6 Å². The van der Waals surface area contributed by atoms with Gasteiger partial charge in [0.15, 0.2) is 0 Å². The minimum absolute atomic E-state index is 0.0827. The van der Waals surface area contributed by atoms with E-state index in [1.807, 2.05) is 0 Å². The van der Waals surface area contributed by atoms with Crippen molar-refractivity contribution >= 4 is 22.8 Å². The summed E-state index contributed by atoms with van der Waals surface area (Å²) in [7, 11) is 0. The Morgan fingerprint density at radius 3 is 2.57 bits per heavy atom. The van der Waals surface area contributed by atoms with Gasteiger partial charge < -0.3 is 20.6 Å². The molecule has 0 radical (unpaired) electrons. The van der Waals surface area contributed by atoms with Gasteiger partial charge in [0.1, 0.15) is 0 Å². The Balaban J connectivity index is 1.94. The Labute approximate surface area is 131 Å². The van der Waals surface area contributed by atoms with E-state index in [0.717, 1.165) is 12.8 Å². The topological polar surface area (TPSA) is 125 Å². The monoisotopic (exact) mass is 315 g/mol. The summed E-state index contributed by atoms with van der Waals surface area (Å²) in [6.45, 7) is 4.70. The van der Waals surface area contributed by atoms with Crippen molar-refractivity contribution in [3.05, 3.63) is 40.6 Å². The number of carbonyl (C=O) groups excluding carboxylic acids is 2. The molecule has 1 fully saturated rings. The first-order valence-electron chi connectivity index (χ1n) is 7.33. The Hall–Kier alpha value is -2.90. The Kier molecular flexibility index (Phi) is 3.73. The smallest absolute Gasteiger partial charge is 0.323 e. The van der Waals surface area contributed by atoms with Crippen LogP contribution in [0.15, 0.2) is 23.6 Å². The van der Waals surface area contributed by atoms with Crippen molar-refractivity contribution in [1.82, 2.24) is 19.9 Å². The van der Waals surface area contributed by atoms with Gasteiger partial charge in [-0.2, -0.15) is 0 Å². The zero-order chi connectivity index (χ0) is 16.6. The Morgan fingerprint density at radius 2 is 1.96 bits per heavy atom. The summed E-state index contributed by atoms with van der Waals surface area (Å²) >= 11 is 0. The van der Waals surface area contributed by atoms with Gasteiger partial charge in [0.05, 0.1) is 22.3 Å². The summed E-state index contributed by atoms with van der Waals surface area (Å²) < 4.78 is 0. The van der Waals surface area contributed by atoms with Crippen LogP contribution in [-0.4, -0.2) is 44.8 Å². The van der Waals surface area contributed by atoms with E-state index in [-0.39, 0.29) is 17.4 Å². The van der Waals surface area contributed by atoms with E-state index in [0.29, 0.717) is 29.8 Å². The van der Waals surface area contributed by atoms with Crippen molar-refractivity contribution in [1.29, 1.82) is 0 Å². The van der Waals surface area contributed by atoms with Gasteiger partial charge in [-0.25, -0.2) is 4.79 Å². The minimum atomic E-state index is -0.643. The van der Waals surface area contributed by atoms with Crippen LogP contribution in [0.4, 0.5) is 0 Å². The lowest BCUT2D eigenvalue weighted by atomic mass is 9.92. The highest BCUT2D eigenvalue weighted by atomic mass is 16.2. The predicted molar refractivity (Wildman–Crippen MR) is 84.0 cm³/mol. The molecule has 1 aliphatic rings. The van der Waals surface area contributed by atoms with Crippen LogP contribution >= 0.6 is 0 Å². The number of fused-ring (bicyclic) bond motifs is 1. The molecule has 2 aromatic heterocycles. The zero-order valence-corrected chi connectivity index (χ0v) is 12.5. The molecule has 0 atom stereocenters. The van der Waals surface area contributed by atoms with Gasteiger partial charge in [-0.3, -0.25) is 14.6 Å². The quantitative estimate of drug-likeness (QED) is 0.702. The number of carbonyl (C=O) groups is 2. The van der Waals surface area contributed by atoms with Crippen LogP contribution in [0.2, 0.25) is 0 Å². The summed E-state index contributed by atoms with van der Waals surface area (Å²) in [5.41, 5.74) is 6.71. The van der Waals surface area contributed by atoms with Gasteiger partial charge in [0, 0.05) is 25.2 Å². The number of aromatic amines is 2. The second kappa shape index (κ2) is 5.71. The number of hydrogen-bond acceptors (Lipinski definition) is 4. The van der Waals surface area contributed by atoms with Crippen molar-refractivity contribution < 1.29 is 9.59 Å². The number of H-pyrrole nitrogens is 2. The van der Waals surface area contributed by atoms with Gasteiger partial charge in [0.2, 0.25) is 5.91 Å². The molecule has 2 aromatic rings. The third-order valence-corrected chi connectivity index (χ3v) is 4.22. The number of pyridine rings is 1. The van der Waals surface area contributed by atoms with Crippen molar-refractivity contribution in [2.45, 2.75) is 18.8 Å². The molecule has 3 heterocycles. The van der Waals surface area contributed by atoms with Crippen LogP contribution in [-0.2, 0) is 4.79 Å². The average molecular weight is 315 g/mol. The molecule has 0 unspecified atom stereocenters. The summed E-state index contributed by atoms with van der Waals surface area (Å²) in [5, 5.41) is 0. The average Bonchev–Trinajstić information content (AvgIpc) is 2.94. The van der Waals surface area contributed by atoms with Gasteiger partial charge in [0.25, 0.3) is 5.91 Å². The third kappa shape index (κ3) is 2.63. The van der Waals surface area contributed by atoms with E-state index in [2.05, 4.69) is 21.5 Å². The summed E-state index contributed by atoms with van der Waals surface area (Å²) in [5.74, 6) is -0.629. The molecule has 8 heteroatoms. The van der Waals surface area contributed by atoms with Crippen molar-refractivity contribution in [2.24, 2.45) is 5.73 Å². The summed E-state index contributed by atoms with van der Waals surface area (Å²) in [6.07, 6.45) is 4.16.